The van der Waals surface area contributed by atoms with Crippen molar-refractivity contribution in [3.05, 3.63) is 63.6 Å². The summed E-state index contributed by atoms with van der Waals surface area (Å²) in [5, 5.41) is 5.81. The number of aromatic nitrogens is 2. The van der Waals surface area contributed by atoms with E-state index in [0.29, 0.717) is 28.9 Å². The van der Waals surface area contributed by atoms with Crippen LogP contribution >= 0.6 is 15.9 Å². The summed E-state index contributed by atoms with van der Waals surface area (Å²) >= 11 is 3.35. The van der Waals surface area contributed by atoms with E-state index in [4.69, 9.17) is 9.47 Å². The second kappa shape index (κ2) is 10.7. The van der Waals surface area contributed by atoms with E-state index in [9.17, 15) is 14.4 Å². The Morgan fingerprint density at radius 2 is 1.87 bits per heavy atom. The first-order valence-electron chi connectivity index (χ1n) is 9.43. The molecule has 0 spiro atoms. The van der Waals surface area contributed by atoms with Crippen molar-refractivity contribution in [2.75, 3.05) is 31.0 Å². The van der Waals surface area contributed by atoms with Gasteiger partial charge in [0.05, 0.1) is 23.8 Å². The smallest absolute Gasteiger partial charge is 0.411 e. The van der Waals surface area contributed by atoms with E-state index >= 15 is 0 Å². The van der Waals surface area contributed by atoms with Crippen LogP contribution in [0.1, 0.15) is 6.42 Å². The number of nitrogens with one attached hydrogen (secondary N) is 2. The molecule has 0 saturated heterocycles. The van der Waals surface area contributed by atoms with Crippen LogP contribution in [0.25, 0.3) is 10.9 Å². The maximum absolute atomic E-state index is 12.6. The third-order valence-electron chi connectivity index (χ3n) is 4.28. The Bertz CT molecular complexity index is 1150. The molecule has 9 nitrogen and oxygen atoms in total. The predicted molar refractivity (Wildman–Crippen MR) is 120 cm³/mol. The fraction of sp³-hybridized carbons (Fsp3) is 0.238. The summed E-state index contributed by atoms with van der Waals surface area (Å²) in [6.07, 6.45) is 0.902. The molecule has 2 amide bonds. The Balaban J connectivity index is 1.58. The number of amides is 2. The van der Waals surface area contributed by atoms with Crippen molar-refractivity contribution in [2.24, 2.45) is 0 Å². The van der Waals surface area contributed by atoms with E-state index in [1.54, 1.807) is 36.4 Å². The standard InChI is InChI=1S/C21H21BrN4O5/c1-30-9-10-31-21(29)25-16-4-2-3-15(12-16)24-19(27)7-8-26-13-23-18-6-5-14(22)11-17(18)20(26)28/h2-6,11-13H,7-10H2,1H3,(H,24,27)(H,25,29). The largest absolute Gasteiger partial charge is 0.447 e. The Morgan fingerprint density at radius 1 is 1.10 bits per heavy atom. The fourth-order valence-electron chi connectivity index (χ4n) is 2.78. The number of fused-ring (bicyclic) bond motifs is 1. The van der Waals surface area contributed by atoms with Gasteiger partial charge in [-0.1, -0.05) is 22.0 Å². The van der Waals surface area contributed by atoms with Crippen LogP contribution in [0.15, 0.2) is 58.1 Å². The van der Waals surface area contributed by atoms with Crippen molar-refractivity contribution in [3.63, 3.8) is 0 Å². The van der Waals surface area contributed by atoms with E-state index in [1.165, 1.54) is 18.0 Å². The highest BCUT2D eigenvalue weighted by Crippen LogP contribution is 2.16. The molecule has 0 radical (unpaired) electrons. The lowest BCUT2D eigenvalue weighted by Crippen LogP contribution is -2.23. The number of nitrogens with zero attached hydrogens (tertiary/aromatic N) is 2. The van der Waals surface area contributed by atoms with Crippen molar-refractivity contribution in [1.29, 1.82) is 0 Å². The second-order valence-electron chi connectivity index (χ2n) is 6.54. The minimum Gasteiger partial charge on any atom is -0.447 e. The molecule has 1 heterocycles. The summed E-state index contributed by atoms with van der Waals surface area (Å²) < 4.78 is 11.9. The zero-order valence-corrected chi connectivity index (χ0v) is 18.3. The average molecular weight is 489 g/mol. The van der Waals surface area contributed by atoms with Crippen molar-refractivity contribution >= 4 is 50.2 Å². The van der Waals surface area contributed by atoms with Crippen LogP contribution in [0.2, 0.25) is 0 Å². The molecular weight excluding hydrogens is 468 g/mol. The molecule has 2 aromatic carbocycles. The molecule has 0 unspecified atom stereocenters. The molecule has 0 atom stereocenters. The van der Waals surface area contributed by atoms with E-state index in [1.807, 2.05) is 6.07 Å². The van der Waals surface area contributed by atoms with Crippen LogP contribution in [0.3, 0.4) is 0 Å². The Kier molecular flexibility index (Phi) is 7.74. The first kappa shape index (κ1) is 22.4. The highest BCUT2D eigenvalue weighted by molar-refractivity contribution is 9.10. The van der Waals surface area contributed by atoms with Crippen LogP contribution in [-0.4, -0.2) is 41.9 Å². The van der Waals surface area contributed by atoms with Gasteiger partial charge in [-0.05, 0) is 36.4 Å². The van der Waals surface area contributed by atoms with E-state index in [0.717, 1.165) is 4.47 Å². The summed E-state index contributed by atoms with van der Waals surface area (Å²) in [4.78, 5) is 40.9. The molecule has 1 aromatic heterocycles. The fourth-order valence-corrected chi connectivity index (χ4v) is 3.14. The van der Waals surface area contributed by atoms with Crippen LogP contribution in [0, 0.1) is 0 Å². The van der Waals surface area contributed by atoms with Gasteiger partial charge in [-0.25, -0.2) is 9.78 Å². The van der Waals surface area contributed by atoms with Gasteiger partial charge in [-0.2, -0.15) is 0 Å². The number of carbonyl (C=O) groups is 2. The van der Waals surface area contributed by atoms with Gasteiger partial charge < -0.3 is 14.8 Å². The molecule has 3 rings (SSSR count). The summed E-state index contributed by atoms with van der Waals surface area (Å²) in [6, 6.07) is 11.9. The van der Waals surface area contributed by atoms with Gasteiger partial charge in [0.1, 0.15) is 6.61 Å². The van der Waals surface area contributed by atoms with Gasteiger partial charge in [0.15, 0.2) is 0 Å². The number of hydrogen-bond donors (Lipinski definition) is 2. The summed E-state index contributed by atoms with van der Waals surface area (Å²) in [7, 11) is 1.51. The molecule has 0 bridgehead atoms. The summed E-state index contributed by atoms with van der Waals surface area (Å²) in [5.41, 5.74) is 1.37. The average Bonchev–Trinajstić information content (AvgIpc) is 2.74. The second-order valence-corrected chi connectivity index (χ2v) is 7.45. The SMILES string of the molecule is COCCOC(=O)Nc1cccc(NC(=O)CCn2cnc3ccc(Br)cc3c2=O)c1. The molecule has 10 heteroatoms. The number of halogens is 1. The molecule has 3 aromatic rings. The minimum atomic E-state index is -0.615. The molecular formula is C21H21BrN4O5. The number of hydrogen-bond acceptors (Lipinski definition) is 6. The number of rotatable bonds is 8. The molecule has 0 saturated carbocycles. The minimum absolute atomic E-state index is 0.0812. The first-order valence-corrected chi connectivity index (χ1v) is 10.2. The number of aryl methyl sites for hydroxylation is 1. The predicted octanol–water partition coefficient (Wildman–Crippen LogP) is 3.38. The molecule has 0 aliphatic carbocycles. The maximum atomic E-state index is 12.6. The van der Waals surface area contributed by atoms with Crippen LogP contribution in [0.4, 0.5) is 16.2 Å². The van der Waals surface area contributed by atoms with E-state index < -0.39 is 6.09 Å². The van der Waals surface area contributed by atoms with E-state index in [-0.39, 0.29) is 31.0 Å². The molecule has 0 fully saturated rings. The number of anilines is 2. The monoisotopic (exact) mass is 488 g/mol. The third-order valence-corrected chi connectivity index (χ3v) is 4.77. The molecule has 0 aliphatic heterocycles. The highest BCUT2D eigenvalue weighted by Gasteiger charge is 2.09. The lowest BCUT2D eigenvalue weighted by atomic mass is 10.2. The van der Waals surface area contributed by atoms with Gasteiger partial charge in [0.25, 0.3) is 5.56 Å². The van der Waals surface area contributed by atoms with Crippen molar-refractivity contribution in [1.82, 2.24) is 9.55 Å². The number of ether oxygens (including phenoxy) is 2. The Morgan fingerprint density at radius 3 is 2.65 bits per heavy atom. The van der Waals surface area contributed by atoms with Crippen LogP contribution in [-0.2, 0) is 20.8 Å². The van der Waals surface area contributed by atoms with Crippen LogP contribution in [0.5, 0.6) is 0 Å². The van der Waals surface area contributed by atoms with Gasteiger partial charge in [-0.15, -0.1) is 0 Å². The van der Waals surface area contributed by atoms with Crippen molar-refractivity contribution in [3.8, 4) is 0 Å². The van der Waals surface area contributed by atoms with Gasteiger partial charge in [0, 0.05) is 35.9 Å². The maximum Gasteiger partial charge on any atom is 0.411 e. The van der Waals surface area contributed by atoms with Gasteiger partial charge in [-0.3, -0.25) is 19.5 Å². The first-order chi connectivity index (χ1) is 15.0. The molecule has 0 aliphatic rings. The van der Waals surface area contributed by atoms with Crippen molar-refractivity contribution < 1.29 is 19.1 Å². The zero-order chi connectivity index (χ0) is 22.2. The summed E-state index contributed by atoms with van der Waals surface area (Å²) in [6.45, 7) is 0.624. The quantitative estimate of drug-likeness (QED) is 0.470. The lowest BCUT2D eigenvalue weighted by molar-refractivity contribution is -0.116. The lowest BCUT2D eigenvalue weighted by Gasteiger charge is -2.10. The highest BCUT2D eigenvalue weighted by atomic mass is 79.9. The molecule has 162 valence electrons. The molecule has 2 N–H and O–H groups in total. The Labute approximate surface area is 186 Å². The Hall–Kier alpha value is -3.24. The third kappa shape index (κ3) is 6.37. The van der Waals surface area contributed by atoms with E-state index in [2.05, 4.69) is 31.5 Å². The normalized spacial score (nSPS) is 10.6. The van der Waals surface area contributed by atoms with Crippen LogP contribution < -0.4 is 16.2 Å². The van der Waals surface area contributed by atoms with Gasteiger partial charge in [0.2, 0.25) is 5.91 Å². The van der Waals surface area contributed by atoms with Crippen molar-refractivity contribution in [2.45, 2.75) is 13.0 Å². The number of benzene rings is 2. The zero-order valence-electron chi connectivity index (χ0n) is 16.8. The van der Waals surface area contributed by atoms with Gasteiger partial charge >= 0.3 is 6.09 Å². The summed E-state index contributed by atoms with van der Waals surface area (Å²) in [5.74, 6) is -0.277. The number of methoxy groups -OCH3 is 1. The number of carbonyl (C=O) groups excluding carboxylic acids is 2. The topological polar surface area (TPSA) is 112 Å². The molecule has 31 heavy (non-hydrogen) atoms.